The number of nitrogens with two attached hydrogens (primary N) is 2. The van der Waals surface area contributed by atoms with Crippen LogP contribution in [0.15, 0.2) is 42.9 Å². The second-order valence-electron chi connectivity index (χ2n) is 7.86. The van der Waals surface area contributed by atoms with Gasteiger partial charge in [-0.2, -0.15) is 0 Å². The molecule has 0 spiro atoms. The maximum Gasteiger partial charge on any atom is 0.260 e. The lowest BCUT2D eigenvalue weighted by atomic mass is 10.2. The van der Waals surface area contributed by atoms with E-state index in [2.05, 4.69) is 49.2 Å². The molecule has 1 aliphatic heterocycles. The molecule has 1 aliphatic rings. The SMILES string of the molecule is Cn1cnnc1-c1ccc(N2CCCN(c3ccnc4sc(C(N)=O)c(N)c34)CC2)cc1. The third-order valence-electron chi connectivity index (χ3n) is 5.87. The third-order valence-corrected chi connectivity index (χ3v) is 7.00. The standard InChI is InChI=1S/C22H24N8OS/c1-28-13-26-27-21(28)14-3-5-15(6-4-14)29-9-2-10-30(12-11-29)16-7-8-25-22-17(16)18(23)19(32-22)20(24)31/h3-8,13H,2,9-12,23H2,1H3,(H2,24,31). The third kappa shape index (κ3) is 3.52. The highest BCUT2D eigenvalue weighted by atomic mass is 32.1. The number of primary amides is 1. The monoisotopic (exact) mass is 448 g/mol. The van der Waals surface area contributed by atoms with Crippen LogP contribution in [0.25, 0.3) is 21.6 Å². The molecule has 1 fully saturated rings. The van der Waals surface area contributed by atoms with Gasteiger partial charge >= 0.3 is 0 Å². The van der Waals surface area contributed by atoms with Crippen LogP contribution in [-0.2, 0) is 7.05 Å². The predicted molar refractivity (Wildman–Crippen MR) is 128 cm³/mol. The van der Waals surface area contributed by atoms with Crippen LogP contribution < -0.4 is 21.3 Å². The van der Waals surface area contributed by atoms with Crippen molar-refractivity contribution >= 4 is 44.5 Å². The Balaban J connectivity index is 1.37. The summed E-state index contributed by atoms with van der Waals surface area (Å²) in [6.45, 7) is 3.57. The topological polar surface area (TPSA) is 119 Å². The Morgan fingerprint density at radius 2 is 1.81 bits per heavy atom. The highest BCUT2D eigenvalue weighted by Gasteiger charge is 2.22. The molecule has 0 bridgehead atoms. The number of pyridine rings is 1. The second kappa shape index (κ2) is 8.12. The van der Waals surface area contributed by atoms with Gasteiger partial charge in [0.2, 0.25) is 0 Å². The first-order valence-electron chi connectivity index (χ1n) is 10.4. The maximum absolute atomic E-state index is 11.7. The Hall–Kier alpha value is -3.66. The summed E-state index contributed by atoms with van der Waals surface area (Å²) in [5, 5.41) is 8.96. The summed E-state index contributed by atoms with van der Waals surface area (Å²) in [5.74, 6) is 0.340. The van der Waals surface area contributed by atoms with E-state index in [1.54, 1.807) is 12.5 Å². The Morgan fingerprint density at radius 1 is 1.06 bits per heavy atom. The summed E-state index contributed by atoms with van der Waals surface area (Å²) in [4.78, 5) is 22.0. The minimum atomic E-state index is -0.511. The van der Waals surface area contributed by atoms with E-state index < -0.39 is 5.91 Å². The molecule has 1 aromatic carbocycles. The number of nitrogens with zero attached hydrogens (tertiary/aromatic N) is 6. The van der Waals surface area contributed by atoms with Crippen molar-refractivity contribution in [1.29, 1.82) is 0 Å². The fourth-order valence-corrected chi connectivity index (χ4v) is 5.19. The minimum Gasteiger partial charge on any atom is -0.397 e. The molecule has 4 N–H and O–H groups in total. The van der Waals surface area contributed by atoms with Crippen molar-refractivity contribution in [2.45, 2.75) is 6.42 Å². The number of aryl methyl sites for hydroxylation is 1. The summed E-state index contributed by atoms with van der Waals surface area (Å²) >= 11 is 1.25. The van der Waals surface area contributed by atoms with Crippen LogP contribution >= 0.6 is 11.3 Å². The van der Waals surface area contributed by atoms with Gasteiger partial charge in [0.1, 0.15) is 16.0 Å². The average molecular weight is 449 g/mol. The summed E-state index contributed by atoms with van der Waals surface area (Å²) in [5.41, 5.74) is 15.5. The molecule has 3 aromatic heterocycles. The molecule has 32 heavy (non-hydrogen) atoms. The lowest BCUT2D eigenvalue weighted by molar-refractivity contribution is 0.100. The van der Waals surface area contributed by atoms with Crippen LogP contribution in [0, 0.1) is 0 Å². The molecule has 0 atom stereocenters. The summed E-state index contributed by atoms with van der Waals surface area (Å²) < 4.78 is 1.91. The highest BCUT2D eigenvalue weighted by molar-refractivity contribution is 7.21. The molecule has 0 saturated carbocycles. The van der Waals surface area contributed by atoms with Crippen molar-refractivity contribution in [2.24, 2.45) is 12.8 Å². The van der Waals surface area contributed by atoms with Crippen LogP contribution in [0.5, 0.6) is 0 Å². The van der Waals surface area contributed by atoms with Gasteiger partial charge in [-0.25, -0.2) is 4.98 Å². The number of hydrogen-bond acceptors (Lipinski definition) is 8. The maximum atomic E-state index is 11.7. The summed E-state index contributed by atoms with van der Waals surface area (Å²) in [6.07, 6.45) is 4.48. The largest absolute Gasteiger partial charge is 0.397 e. The van der Waals surface area contributed by atoms with Gasteiger partial charge in [0.05, 0.1) is 16.8 Å². The highest BCUT2D eigenvalue weighted by Crippen LogP contribution is 2.38. The van der Waals surface area contributed by atoms with E-state index in [1.165, 1.54) is 17.0 Å². The lowest BCUT2D eigenvalue weighted by Crippen LogP contribution is -2.30. The molecule has 9 nitrogen and oxygen atoms in total. The zero-order valence-electron chi connectivity index (χ0n) is 17.7. The molecule has 164 valence electrons. The number of anilines is 3. The van der Waals surface area contributed by atoms with E-state index in [9.17, 15) is 4.79 Å². The first-order valence-corrected chi connectivity index (χ1v) is 11.3. The number of carbonyl (C=O) groups excluding carboxylic acids is 1. The predicted octanol–water partition coefficient (Wildman–Crippen LogP) is 2.49. The van der Waals surface area contributed by atoms with E-state index in [0.717, 1.165) is 59.9 Å². The molecule has 4 heterocycles. The van der Waals surface area contributed by atoms with Crippen molar-refractivity contribution in [3.63, 3.8) is 0 Å². The van der Waals surface area contributed by atoms with Crippen LogP contribution in [0.1, 0.15) is 16.1 Å². The molecular weight excluding hydrogens is 424 g/mol. The van der Waals surface area contributed by atoms with E-state index in [-0.39, 0.29) is 0 Å². The summed E-state index contributed by atoms with van der Waals surface area (Å²) in [6, 6.07) is 10.4. The number of hydrogen-bond donors (Lipinski definition) is 2. The van der Waals surface area contributed by atoms with Crippen molar-refractivity contribution < 1.29 is 4.79 Å². The van der Waals surface area contributed by atoms with Crippen molar-refractivity contribution in [2.75, 3.05) is 41.7 Å². The van der Waals surface area contributed by atoms with E-state index in [4.69, 9.17) is 11.5 Å². The quantitative estimate of drug-likeness (QED) is 0.492. The Kier molecular flexibility index (Phi) is 5.14. The zero-order chi connectivity index (χ0) is 22.2. The number of rotatable bonds is 4. The fourth-order valence-electron chi connectivity index (χ4n) is 4.26. The molecular formula is C22H24N8OS. The number of nitrogen functional groups attached to an aromatic ring is 1. The van der Waals surface area contributed by atoms with Crippen molar-refractivity contribution in [3.05, 3.63) is 47.7 Å². The fraction of sp³-hybridized carbons (Fsp3) is 0.273. The molecule has 0 radical (unpaired) electrons. The zero-order valence-corrected chi connectivity index (χ0v) is 18.5. The molecule has 10 heteroatoms. The van der Waals surface area contributed by atoms with Crippen LogP contribution in [0.2, 0.25) is 0 Å². The number of benzene rings is 1. The van der Waals surface area contributed by atoms with Gasteiger partial charge in [-0.15, -0.1) is 21.5 Å². The molecule has 5 rings (SSSR count). The molecule has 0 unspecified atom stereocenters. The van der Waals surface area contributed by atoms with Gasteiger partial charge in [0.25, 0.3) is 5.91 Å². The van der Waals surface area contributed by atoms with Gasteiger partial charge in [-0.3, -0.25) is 4.79 Å². The van der Waals surface area contributed by atoms with E-state index in [1.807, 2.05) is 17.7 Å². The van der Waals surface area contributed by atoms with Gasteiger partial charge in [0, 0.05) is 50.7 Å². The number of aromatic nitrogens is 4. The van der Waals surface area contributed by atoms with Crippen molar-refractivity contribution in [1.82, 2.24) is 19.7 Å². The summed E-state index contributed by atoms with van der Waals surface area (Å²) in [7, 11) is 1.94. The smallest absolute Gasteiger partial charge is 0.260 e. The number of carbonyl (C=O) groups is 1. The Labute approximate surface area is 189 Å². The normalized spacial score (nSPS) is 14.7. The number of amides is 1. The Bertz CT molecular complexity index is 1280. The minimum absolute atomic E-state index is 0.374. The van der Waals surface area contributed by atoms with E-state index in [0.29, 0.717) is 10.6 Å². The Morgan fingerprint density at radius 3 is 2.53 bits per heavy atom. The van der Waals surface area contributed by atoms with Crippen LogP contribution in [0.3, 0.4) is 0 Å². The van der Waals surface area contributed by atoms with Crippen LogP contribution in [-0.4, -0.2) is 51.8 Å². The van der Waals surface area contributed by atoms with E-state index >= 15 is 0 Å². The molecule has 0 aliphatic carbocycles. The molecule has 1 saturated heterocycles. The van der Waals surface area contributed by atoms with Gasteiger partial charge in [0.15, 0.2) is 5.82 Å². The van der Waals surface area contributed by atoms with Crippen LogP contribution in [0.4, 0.5) is 17.1 Å². The molecule has 1 amide bonds. The van der Waals surface area contributed by atoms with Gasteiger partial charge in [-0.1, -0.05) is 0 Å². The number of thiophene rings is 1. The van der Waals surface area contributed by atoms with Crippen molar-refractivity contribution in [3.8, 4) is 11.4 Å². The van der Waals surface area contributed by atoms with Gasteiger partial charge in [-0.05, 0) is 36.8 Å². The lowest BCUT2D eigenvalue weighted by Gasteiger charge is -2.25. The molecule has 4 aromatic rings. The average Bonchev–Trinajstić information content (AvgIpc) is 3.28. The first-order chi connectivity index (χ1) is 15.5. The number of fused-ring (bicyclic) bond motifs is 1. The first kappa shape index (κ1) is 20.3. The second-order valence-corrected chi connectivity index (χ2v) is 8.86. The van der Waals surface area contributed by atoms with Gasteiger partial charge < -0.3 is 25.8 Å².